The summed E-state index contributed by atoms with van der Waals surface area (Å²) in [6.45, 7) is 4.86. The van der Waals surface area contributed by atoms with Gasteiger partial charge >= 0.3 is 0 Å². The van der Waals surface area contributed by atoms with Gasteiger partial charge < -0.3 is 19.9 Å². The molecule has 0 spiro atoms. The summed E-state index contributed by atoms with van der Waals surface area (Å²) in [7, 11) is 0. The van der Waals surface area contributed by atoms with Crippen LogP contribution in [0.3, 0.4) is 0 Å². The summed E-state index contributed by atoms with van der Waals surface area (Å²) < 4.78 is 11.0. The van der Waals surface area contributed by atoms with E-state index in [1.165, 1.54) is 0 Å². The Hall–Kier alpha value is -0.650. The van der Waals surface area contributed by atoms with Crippen LogP contribution in [0, 0.1) is 0 Å². The van der Waals surface area contributed by atoms with Crippen LogP contribution in [0.2, 0.25) is 5.02 Å². The fraction of sp³-hybridized carbons (Fsp3) is 0.625. The fourth-order valence-corrected chi connectivity index (χ4v) is 2.61. The van der Waals surface area contributed by atoms with Crippen molar-refractivity contribution in [1.82, 2.24) is 5.32 Å². The molecule has 118 valence electrons. The number of halogens is 1. The van der Waals surface area contributed by atoms with Gasteiger partial charge in [0.25, 0.3) is 0 Å². The second kappa shape index (κ2) is 8.11. The van der Waals surface area contributed by atoms with Crippen molar-refractivity contribution in [2.75, 3.05) is 26.4 Å². The Balaban J connectivity index is 1.65. The lowest BCUT2D eigenvalue weighted by atomic mass is 9.95. The number of hydrogen-bond donors (Lipinski definition) is 2. The van der Waals surface area contributed by atoms with E-state index < -0.39 is 6.10 Å². The van der Waals surface area contributed by atoms with Gasteiger partial charge in [-0.1, -0.05) is 29.8 Å². The van der Waals surface area contributed by atoms with Gasteiger partial charge in [0.2, 0.25) is 0 Å². The highest BCUT2D eigenvalue weighted by Gasteiger charge is 2.27. The summed E-state index contributed by atoms with van der Waals surface area (Å²) in [4.78, 5) is 0. The second-order valence-corrected chi connectivity index (χ2v) is 6.27. The van der Waals surface area contributed by atoms with E-state index in [2.05, 4.69) is 12.2 Å². The van der Waals surface area contributed by atoms with Crippen molar-refractivity contribution in [3.8, 4) is 0 Å². The van der Waals surface area contributed by atoms with E-state index in [0.29, 0.717) is 24.8 Å². The summed E-state index contributed by atoms with van der Waals surface area (Å²) in [6, 6.07) is 7.57. The Morgan fingerprint density at radius 1 is 1.48 bits per heavy atom. The number of β-amino-alcohol motifs (C(OH)–C–C–N with tert-alkyl or cyclic N) is 1. The number of hydrogen-bond acceptors (Lipinski definition) is 4. The van der Waals surface area contributed by atoms with E-state index in [0.717, 1.165) is 25.0 Å². The van der Waals surface area contributed by atoms with E-state index >= 15 is 0 Å². The molecule has 1 aliphatic heterocycles. The first kappa shape index (κ1) is 16.7. The molecule has 0 aromatic heterocycles. The maximum absolute atomic E-state index is 9.98. The molecule has 5 heteroatoms. The standard InChI is InChI=1S/C16H24ClNO3/c1-16(7-4-8-20-12-16)18-9-14(19)11-21-10-13-5-2-3-6-15(13)17/h2-3,5-6,14,18-19H,4,7-12H2,1H3. The van der Waals surface area contributed by atoms with Crippen LogP contribution >= 0.6 is 11.6 Å². The van der Waals surface area contributed by atoms with Crippen molar-refractivity contribution in [2.45, 2.75) is 38.0 Å². The normalized spacial score (nSPS) is 24.0. The maximum Gasteiger partial charge on any atom is 0.0898 e. The molecule has 1 aromatic rings. The third kappa shape index (κ3) is 5.57. The maximum atomic E-state index is 9.98. The number of aliphatic hydroxyl groups excluding tert-OH is 1. The molecule has 21 heavy (non-hydrogen) atoms. The van der Waals surface area contributed by atoms with Crippen LogP contribution < -0.4 is 5.32 Å². The van der Waals surface area contributed by atoms with Gasteiger partial charge in [-0.05, 0) is 31.4 Å². The van der Waals surface area contributed by atoms with E-state index in [-0.39, 0.29) is 12.1 Å². The molecule has 1 aromatic carbocycles. The quantitative estimate of drug-likeness (QED) is 0.811. The van der Waals surface area contributed by atoms with Gasteiger partial charge in [-0.2, -0.15) is 0 Å². The minimum absolute atomic E-state index is 0.0397. The SMILES string of the molecule is CC1(NCC(O)COCc2ccccc2Cl)CCCOC1. The average Bonchev–Trinajstić information content (AvgIpc) is 2.48. The minimum atomic E-state index is -0.536. The lowest BCUT2D eigenvalue weighted by Crippen LogP contribution is -2.51. The Kier molecular flexibility index (Phi) is 6.45. The Labute approximate surface area is 131 Å². The third-order valence-electron chi connectivity index (χ3n) is 3.73. The van der Waals surface area contributed by atoms with Crippen molar-refractivity contribution < 1.29 is 14.6 Å². The third-order valence-corrected chi connectivity index (χ3v) is 4.10. The molecule has 4 nitrogen and oxygen atoms in total. The van der Waals surface area contributed by atoms with Crippen LogP contribution in [-0.4, -0.2) is 43.1 Å². The van der Waals surface area contributed by atoms with Gasteiger partial charge in [-0.15, -0.1) is 0 Å². The van der Waals surface area contributed by atoms with E-state index in [9.17, 15) is 5.11 Å². The minimum Gasteiger partial charge on any atom is -0.389 e. The van der Waals surface area contributed by atoms with Gasteiger partial charge in [-0.3, -0.25) is 0 Å². The van der Waals surface area contributed by atoms with Crippen molar-refractivity contribution in [1.29, 1.82) is 0 Å². The summed E-state index contributed by atoms with van der Waals surface area (Å²) in [5.41, 5.74) is 0.897. The molecule has 2 N–H and O–H groups in total. The van der Waals surface area contributed by atoms with Crippen molar-refractivity contribution >= 4 is 11.6 Å². The molecule has 1 heterocycles. The summed E-state index contributed by atoms with van der Waals surface area (Å²) in [6.07, 6.45) is 1.59. The van der Waals surface area contributed by atoms with Crippen molar-refractivity contribution in [3.63, 3.8) is 0 Å². The van der Waals surface area contributed by atoms with Gasteiger partial charge in [0.15, 0.2) is 0 Å². The Bertz CT molecular complexity index is 435. The number of aliphatic hydroxyl groups is 1. The number of benzene rings is 1. The van der Waals surface area contributed by atoms with Crippen molar-refractivity contribution in [2.24, 2.45) is 0 Å². The van der Waals surface area contributed by atoms with Crippen LogP contribution in [0.15, 0.2) is 24.3 Å². The molecule has 0 aliphatic carbocycles. The van der Waals surface area contributed by atoms with Gasteiger partial charge in [0, 0.05) is 23.7 Å². The van der Waals surface area contributed by atoms with Crippen LogP contribution in [0.4, 0.5) is 0 Å². The zero-order chi connectivity index (χ0) is 15.1. The number of nitrogens with one attached hydrogen (secondary N) is 1. The lowest BCUT2D eigenvalue weighted by Gasteiger charge is -2.35. The van der Waals surface area contributed by atoms with Crippen LogP contribution in [-0.2, 0) is 16.1 Å². The predicted octanol–water partition coefficient (Wildman–Crippen LogP) is 2.38. The zero-order valence-corrected chi connectivity index (χ0v) is 13.2. The Morgan fingerprint density at radius 2 is 2.29 bits per heavy atom. The number of rotatable bonds is 7. The highest BCUT2D eigenvalue weighted by molar-refractivity contribution is 6.31. The molecule has 1 aliphatic rings. The lowest BCUT2D eigenvalue weighted by molar-refractivity contribution is 0.00302. The Morgan fingerprint density at radius 3 is 3.00 bits per heavy atom. The molecule has 1 saturated heterocycles. The highest BCUT2D eigenvalue weighted by Crippen LogP contribution is 2.18. The second-order valence-electron chi connectivity index (χ2n) is 5.86. The van der Waals surface area contributed by atoms with Crippen LogP contribution in [0.25, 0.3) is 0 Å². The van der Waals surface area contributed by atoms with Gasteiger partial charge in [0.1, 0.15) is 0 Å². The van der Waals surface area contributed by atoms with Crippen LogP contribution in [0.1, 0.15) is 25.3 Å². The summed E-state index contributed by atoms with van der Waals surface area (Å²) in [5, 5.41) is 14.0. The molecule has 2 unspecified atom stereocenters. The molecule has 0 bridgehead atoms. The van der Waals surface area contributed by atoms with E-state index in [4.69, 9.17) is 21.1 Å². The first-order valence-corrected chi connectivity index (χ1v) is 7.79. The largest absolute Gasteiger partial charge is 0.389 e. The smallest absolute Gasteiger partial charge is 0.0898 e. The van der Waals surface area contributed by atoms with Crippen molar-refractivity contribution in [3.05, 3.63) is 34.9 Å². The summed E-state index contributed by atoms with van der Waals surface area (Å²) in [5.74, 6) is 0. The predicted molar refractivity (Wildman–Crippen MR) is 83.6 cm³/mol. The summed E-state index contributed by atoms with van der Waals surface area (Å²) >= 11 is 6.05. The fourth-order valence-electron chi connectivity index (χ4n) is 2.42. The first-order valence-electron chi connectivity index (χ1n) is 7.41. The van der Waals surface area contributed by atoms with Crippen LogP contribution in [0.5, 0.6) is 0 Å². The van der Waals surface area contributed by atoms with Gasteiger partial charge in [0.05, 0.1) is 25.9 Å². The molecule has 0 saturated carbocycles. The molecule has 2 rings (SSSR count). The topological polar surface area (TPSA) is 50.7 Å². The molecular formula is C16H24ClNO3. The average molecular weight is 314 g/mol. The van der Waals surface area contributed by atoms with E-state index in [1.807, 2.05) is 24.3 Å². The molecule has 0 radical (unpaired) electrons. The zero-order valence-electron chi connectivity index (χ0n) is 12.5. The van der Waals surface area contributed by atoms with E-state index in [1.54, 1.807) is 0 Å². The highest BCUT2D eigenvalue weighted by atomic mass is 35.5. The number of ether oxygens (including phenoxy) is 2. The molecular weight excluding hydrogens is 290 g/mol. The first-order chi connectivity index (χ1) is 10.1. The van der Waals surface area contributed by atoms with Gasteiger partial charge in [-0.25, -0.2) is 0 Å². The molecule has 0 amide bonds. The monoisotopic (exact) mass is 313 g/mol. The molecule has 2 atom stereocenters. The molecule has 1 fully saturated rings.